The molecule has 1 rings (SSSR count). The third-order valence-corrected chi connectivity index (χ3v) is 2.51. The van der Waals surface area contributed by atoms with Crippen LogP contribution >= 0.6 is 0 Å². The second-order valence-electron chi connectivity index (χ2n) is 4.62. The van der Waals surface area contributed by atoms with Crippen LogP contribution in [-0.2, 0) is 4.79 Å². The summed E-state index contributed by atoms with van der Waals surface area (Å²) in [6, 6.07) is 0. The van der Waals surface area contributed by atoms with Gasteiger partial charge in [-0.3, -0.25) is 4.79 Å². The zero-order chi connectivity index (χ0) is 12.2. The van der Waals surface area contributed by atoms with Gasteiger partial charge in [-0.1, -0.05) is 0 Å². The molecule has 3 N–H and O–H groups in total. The number of nitrogens with zero attached hydrogens (tertiary/aromatic N) is 1. The zero-order valence-electron chi connectivity index (χ0n) is 9.75. The summed E-state index contributed by atoms with van der Waals surface area (Å²) < 4.78 is 0. The van der Waals surface area contributed by atoms with Crippen molar-refractivity contribution in [3.05, 3.63) is 0 Å². The van der Waals surface area contributed by atoms with E-state index < -0.39 is 11.6 Å². The summed E-state index contributed by atoms with van der Waals surface area (Å²) in [4.78, 5) is 24.2. The Morgan fingerprint density at radius 1 is 1.38 bits per heavy atom. The van der Waals surface area contributed by atoms with E-state index in [1.165, 1.54) is 0 Å². The van der Waals surface area contributed by atoms with Crippen LogP contribution in [0.5, 0.6) is 0 Å². The van der Waals surface area contributed by atoms with E-state index in [9.17, 15) is 9.59 Å². The first kappa shape index (κ1) is 12.8. The highest BCUT2D eigenvalue weighted by atomic mass is 16.4. The molecule has 1 aliphatic rings. The maximum absolute atomic E-state index is 11.9. The maximum atomic E-state index is 11.9. The molecule has 0 aliphatic carbocycles. The largest absolute Gasteiger partial charge is 0.465 e. The van der Waals surface area contributed by atoms with Gasteiger partial charge in [-0.15, -0.1) is 0 Å². The smallest absolute Gasteiger partial charge is 0.405 e. The normalized spacial score (nSPS) is 17.0. The van der Waals surface area contributed by atoms with Crippen molar-refractivity contribution >= 4 is 12.0 Å². The summed E-state index contributed by atoms with van der Waals surface area (Å²) in [6.07, 6.45) is -0.905. The first-order valence-electron chi connectivity index (χ1n) is 5.40. The van der Waals surface area contributed by atoms with Gasteiger partial charge in [0.25, 0.3) is 0 Å². The molecule has 0 unspecified atom stereocenters. The fraction of sp³-hybridized carbons (Fsp3) is 0.800. The van der Waals surface area contributed by atoms with Crippen molar-refractivity contribution < 1.29 is 14.7 Å². The number of hydrogen-bond donors (Lipinski definition) is 3. The van der Waals surface area contributed by atoms with E-state index in [0.29, 0.717) is 13.1 Å². The van der Waals surface area contributed by atoms with Gasteiger partial charge in [0, 0.05) is 38.1 Å². The lowest BCUT2D eigenvalue weighted by molar-refractivity contribution is -0.132. The zero-order valence-corrected chi connectivity index (χ0v) is 9.75. The van der Waals surface area contributed by atoms with Crippen molar-refractivity contribution in [1.29, 1.82) is 0 Å². The number of piperazine rings is 1. The summed E-state index contributed by atoms with van der Waals surface area (Å²) >= 11 is 0. The van der Waals surface area contributed by atoms with Gasteiger partial charge in [0.15, 0.2) is 0 Å². The number of rotatable bonds is 3. The van der Waals surface area contributed by atoms with E-state index in [1.54, 1.807) is 18.7 Å². The summed E-state index contributed by atoms with van der Waals surface area (Å²) in [7, 11) is 0. The lowest BCUT2D eigenvalue weighted by Crippen LogP contribution is -2.51. The number of nitrogens with one attached hydrogen (secondary N) is 2. The first-order chi connectivity index (χ1) is 7.41. The predicted molar refractivity (Wildman–Crippen MR) is 59.3 cm³/mol. The van der Waals surface area contributed by atoms with E-state index in [-0.39, 0.29) is 12.3 Å². The molecular weight excluding hydrogens is 210 g/mol. The van der Waals surface area contributed by atoms with Crippen LogP contribution in [0.2, 0.25) is 0 Å². The monoisotopic (exact) mass is 229 g/mol. The average Bonchev–Trinajstić information content (AvgIpc) is 2.16. The highest BCUT2D eigenvalue weighted by molar-refractivity contribution is 5.78. The van der Waals surface area contributed by atoms with E-state index >= 15 is 0 Å². The quantitative estimate of drug-likeness (QED) is 0.629. The summed E-state index contributed by atoms with van der Waals surface area (Å²) in [5.41, 5.74) is -0.714. The first-order valence-corrected chi connectivity index (χ1v) is 5.40. The standard InChI is InChI=1S/C10H19N3O3/c1-10(2,12-9(15)16)7-8(14)13-5-3-11-4-6-13/h11-12H,3-7H2,1-2H3,(H,15,16). The number of carbonyl (C=O) groups excluding carboxylic acids is 1. The van der Waals surface area contributed by atoms with Gasteiger partial charge in [-0.05, 0) is 13.8 Å². The van der Waals surface area contributed by atoms with Crippen LogP contribution < -0.4 is 10.6 Å². The Bertz CT molecular complexity index is 272. The molecule has 16 heavy (non-hydrogen) atoms. The minimum atomic E-state index is -1.10. The van der Waals surface area contributed by atoms with Crippen LogP contribution in [0.3, 0.4) is 0 Å². The van der Waals surface area contributed by atoms with Crippen LogP contribution in [-0.4, -0.2) is 53.7 Å². The molecule has 0 atom stereocenters. The Hall–Kier alpha value is -1.30. The van der Waals surface area contributed by atoms with E-state index in [4.69, 9.17) is 5.11 Å². The van der Waals surface area contributed by atoms with Gasteiger partial charge in [-0.2, -0.15) is 0 Å². The summed E-state index contributed by atoms with van der Waals surface area (Å²) in [6.45, 7) is 6.42. The molecule has 0 saturated carbocycles. The fourth-order valence-electron chi connectivity index (χ4n) is 1.74. The van der Waals surface area contributed by atoms with Gasteiger partial charge in [-0.25, -0.2) is 4.79 Å². The molecule has 2 amide bonds. The molecule has 1 heterocycles. The average molecular weight is 229 g/mol. The van der Waals surface area contributed by atoms with Crippen molar-refractivity contribution in [2.75, 3.05) is 26.2 Å². The summed E-state index contributed by atoms with van der Waals surface area (Å²) in [5.74, 6) is 0.000231. The van der Waals surface area contributed by atoms with Crippen LogP contribution in [0.1, 0.15) is 20.3 Å². The molecule has 0 bridgehead atoms. The topological polar surface area (TPSA) is 81.7 Å². The van der Waals surface area contributed by atoms with Gasteiger partial charge in [0.1, 0.15) is 0 Å². The third kappa shape index (κ3) is 4.06. The molecule has 0 aromatic carbocycles. The predicted octanol–water partition coefficient (Wildman–Crippen LogP) is -0.145. The van der Waals surface area contributed by atoms with Crippen molar-refractivity contribution in [3.63, 3.8) is 0 Å². The Balaban J connectivity index is 2.45. The Morgan fingerprint density at radius 2 is 1.94 bits per heavy atom. The lowest BCUT2D eigenvalue weighted by Gasteiger charge is -2.31. The minimum absolute atomic E-state index is 0.000231. The Labute approximate surface area is 95.0 Å². The van der Waals surface area contributed by atoms with Crippen molar-refractivity contribution in [2.45, 2.75) is 25.8 Å². The number of hydrogen-bond acceptors (Lipinski definition) is 3. The Morgan fingerprint density at radius 3 is 2.44 bits per heavy atom. The van der Waals surface area contributed by atoms with Crippen LogP contribution in [0.25, 0.3) is 0 Å². The molecule has 6 heteroatoms. The van der Waals surface area contributed by atoms with Crippen molar-refractivity contribution in [1.82, 2.24) is 15.5 Å². The number of amides is 2. The van der Waals surface area contributed by atoms with Crippen molar-refractivity contribution in [2.24, 2.45) is 0 Å². The van der Waals surface area contributed by atoms with Gasteiger partial charge >= 0.3 is 6.09 Å². The molecule has 0 aromatic heterocycles. The molecule has 1 fully saturated rings. The fourth-order valence-corrected chi connectivity index (χ4v) is 1.74. The van der Waals surface area contributed by atoms with Gasteiger partial charge in [0.2, 0.25) is 5.91 Å². The van der Waals surface area contributed by atoms with E-state index in [0.717, 1.165) is 13.1 Å². The second-order valence-corrected chi connectivity index (χ2v) is 4.62. The molecule has 1 aliphatic heterocycles. The third-order valence-electron chi connectivity index (χ3n) is 2.51. The van der Waals surface area contributed by atoms with Crippen LogP contribution in [0.15, 0.2) is 0 Å². The SMILES string of the molecule is CC(C)(CC(=O)N1CCNCC1)NC(=O)O. The van der Waals surface area contributed by atoms with E-state index in [1.807, 2.05) is 0 Å². The maximum Gasteiger partial charge on any atom is 0.405 e. The van der Waals surface area contributed by atoms with Gasteiger partial charge < -0.3 is 20.6 Å². The highest BCUT2D eigenvalue weighted by Gasteiger charge is 2.27. The van der Waals surface area contributed by atoms with E-state index in [2.05, 4.69) is 10.6 Å². The van der Waals surface area contributed by atoms with Gasteiger partial charge in [0.05, 0.1) is 0 Å². The lowest BCUT2D eigenvalue weighted by atomic mass is 10.00. The molecule has 1 saturated heterocycles. The minimum Gasteiger partial charge on any atom is -0.465 e. The van der Waals surface area contributed by atoms with Crippen LogP contribution in [0.4, 0.5) is 4.79 Å². The highest BCUT2D eigenvalue weighted by Crippen LogP contribution is 2.11. The molecule has 0 aromatic rings. The summed E-state index contributed by atoms with van der Waals surface area (Å²) in [5, 5.41) is 14.1. The molecule has 0 radical (unpaired) electrons. The molecule has 6 nitrogen and oxygen atoms in total. The number of carboxylic acid groups (broad SMARTS) is 1. The molecule has 0 spiro atoms. The second kappa shape index (κ2) is 5.16. The molecule has 92 valence electrons. The number of carbonyl (C=O) groups is 2. The molecular formula is C10H19N3O3. The Kier molecular flexibility index (Phi) is 4.12. The van der Waals surface area contributed by atoms with Crippen LogP contribution in [0, 0.1) is 0 Å². The van der Waals surface area contributed by atoms with Crippen molar-refractivity contribution in [3.8, 4) is 0 Å².